The van der Waals surface area contributed by atoms with Crippen LogP contribution in [0, 0.1) is 13.8 Å². The monoisotopic (exact) mass is 528 g/mol. The largest absolute Gasteiger partial charge is 0.494 e. The maximum atomic E-state index is 13.6. The highest BCUT2D eigenvalue weighted by molar-refractivity contribution is 7.93. The molecule has 12 nitrogen and oxygen atoms in total. The number of ether oxygens (including phenoxy) is 2. The minimum absolute atomic E-state index is 0.00742. The van der Waals surface area contributed by atoms with Crippen molar-refractivity contribution in [2.75, 3.05) is 25.5 Å². The maximum absolute atomic E-state index is 13.6. The number of nitrogens with zero attached hydrogens (tertiary/aromatic N) is 5. The van der Waals surface area contributed by atoms with Gasteiger partial charge >= 0.3 is 0 Å². The molecule has 1 unspecified atom stereocenters. The zero-order chi connectivity index (χ0) is 26.6. The van der Waals surface area contributed by atoms with E-state index in [1.165, 1.54) is 18.8 Å². The molecular formula is C24H28N6O6S. The van der Waals surface area contributed by atoms with E-state index in [1.807, 2.05) is 6.92 Å². The summed E-state index contributed by atoms with van der Waals surface area (Å²) in [6.07, 6.45) is 3.18. The lowest BCUT2D eigenvalue weighted by Crippen LogP contribution is -2.32. The Hall–Kier alpha value is -3.97. The molecule has 3 aromatic heterocycles. The number of sulfonamides is 1. The molecule has 0 aliphatic rings. The topological polar surface area (TPSA) is 154 Å². The van der Waals surface area contributed by atoms with Crippen molar-refractivity contribution < 1.29 is 27.4 Å². The van der Waals surface area contributed by atoms with Crippen LogP contribution in [0.25, 0.3) is 17.3 Å². The van der Waals surface area contributed by atoms with Crippen molar-refractivity contribution in [3.63, 3.8) is 0 Å². The van der Waals surface area contributed by atoms with Crippen LogP contribution in [0.1, 0.15) is 23.6 Å². The van der Waals surface area contributed by atoms with E-state index in [0.29, 0.717) is 34.5 Å². The number of methoxy groups -OCH3 is 2. The highest BCUT2D eigenvalue weighted by atomic mass is 32.2. The van der Waals surface area contributed by atoms with Crippen molar-refractivity contribution in [2.24, 2.45) is 0 Å². The van der Waals surface area contributed by atoms with Gasteiger partial charge in [-0.25, -0.2) is 18.4 Å². The second kappa shape index (κ2) is 11.0. The standard InChI is InChI=1S/C24H28N6O6S/c1-15-13-25-21(26-14-15)12-17(10-11-31)37(32,33)29-24-28-27-23(20-9-8-16(2)36-20)30(24)22-18(34-3)6-5-7-19(22)35-4/h5-9,13-14,17,31H,10-12H2,1-4H3,(H,28,29). The first-order valence-corrected chi connectivity index (χ1v) is 13.0. The minimum atomic E-state index is -4.10. The van der Waals surface area contributed by atoms with E-state index < -0.39 is 15.3 Å². The summed E-state index contributed by atoms with van der Waals surface area (Å²) < 4.78 is 48.0. The first kappa shape index (κ1) is 26.1. The molecule has 0 aliphatic heterocycles. The SMILES string of the molecule is COc1cccc(OC)c1-n1c(NS(=O)(=O)C(CCO)Cc2ncc(C)cn2)nnc1-c1ccc(C)o1. The highest BCUT2D eigenvalue weighted by Crippen LogP contribution is 2.38. The molecule has 0 fully saturated rings. The van der Waals surface area contributed by atoms with Crippen LogP contribution < -0.4 is 14.2 Å². The average molecular weight is 529 g/mol. The first-order valence-electron chi connectivity index (χ1n) is 11.4. The summed E-state index contributed by atoms with van der Waals surface area (Å²) in [7, 11) is -1.13. The summed E-state index contributed by atoms with van der Waals surface area (Å²) >= 11 is 0. The van der Waals surface area contributed by atoms with E-state index in [9.17, 15) is 13.5 Å². The lowest BCUT2D eigenvalue weighted by atomic mass is 10.2. The molecule has 1 atom stereocenters. The van der Waals surface area contributed by atoms with E-state index >= 15 is 0 Å². The molecule has 4 rings (SSSR count). The Morgan fingerprint density at radius 2 is 1.73 bits per heavy atom. The lowest BCUT2D eigenvalue weighted by molar-refractivity contribution is 0.284. The summed E-state index contributed by atoms with van der Waals surface area (Å²) in [5.41, 5.74) is 1.22. The van der Waals surface area contributed by atoms with Gasteiger partial charge in [-0.2, -0.15) is 0 Å². The number of furan rings is 1. The van der Waals surface area contributed by atoms with Crippen LogP contribution in [0.4, 0.5) is 5.95 Å². The van der Waals surface area contributed by atoms with Gasteiger partial charge in [-0.1, -0.05) is 6.07 Å². The van der Waals surface area contributed by atoms with E-state index in [2.05, 4.69) is 24.9 Å². The van der Waals surface area contributed by atoms with Crippen LogP contribution in [-0.4, -0.2) is 64.3 Å². The summed E-state index contributed by atoms with van der Waals surface area (Å²) in [5.74, 6) is 2.25. The normalized spacial score (nSPS) is 12.4. The molecule has 13 heteroatoms. The number of hydrogen-bond acceptors (Lipinski definition) is 10. The highest BCUT2D eigenvalue weighted by Gasteiger charge is 2.31. The third-order valence-electron chi connectivity index (χ3n) is 5.62. The van der Waals surface area contributed by atoms with Crippen molar-refractivity contribution in [2.45, 2.75) is 31.9 Å². The quantitative estimate of drug-likeness (QED) is 0.297. The molecule has 1 aromatic carbocycles. The molecule has 3 heterocycles. The van der Waals surface area contributed by atoms with Gasteiger partial charge in [0, 0.05) is 25.4 Å². The smallest absolute Gasteiger partial charge is 0.243 e. The number of aliphatic hydroxyl groups excluding tert-OH is 1. The third kappa shape index (κ3) is 5.57. The Labute approximate surface area is 214 Å². The van der Waals surface area contributed by atoms with Gasteiger partial charge in [0.1, 0.15) is 28.8 Å². The Bertz CT molecular complexity index is 1440. The van der Waals surface area contributed by atoms with Gasteiger partial charge in [0.15, 0.2) is 5.76 Å². The summed E-state index contributed by atoms with van der Waals surface area (Å²) in [4.78, 5) is 8.43. The van der Waals surface area contributed by atoms with Gasteiger partial charge in [-0.3, -0.25) is 9.29 Å². The lowest BCUT2D eigenvalue weighted by Gasteiger charge is -2.19. The number of rotatable bonds is 11. The van der Waals surface area contributed by atoms with Crippen molar-refractivity contribution in [1.29, 1.82) is 0 Å². The number of anilines is 1. The zero-order valence-electron chi connectivity index (χ0n) is 20.9. The molecule has 0 spiro atoms. The number of nitrogens with one attached hydrogen (secondary N) is 1. The Balaban J connectivity index is 1.81. The van der Waals surface area contributed by atoms with Crippen molar-refractivity contribution in [3.8, 4) is 28.8 Å². The number of hydrogen-bond donors (Lipinski definition) is 2. The molecule has 4 aromatic rings. The Kier molecular flexibility index (Phi) is 7.74. The van der Waals surface area contributed by atoms with Crippen molar-refractivity contribution in [3.05, 3.63) is 59.9 Å². The van der Waals surface area contributed by atoms with Gasteiger partial charge in [-0.15, -0.1) is 10.2 Å². The van der Waals surface area contributed by atoms with Crippen LogP contribution in [0.2, 0.25) is 0 Å². The average Bonchev–Trinajstić information content (AvgIpc) is 3.49. The summed E-state index contributed by atoms with van der Waals surface area (Å²) in [6.45, 7) is 3.27. The van der Waals surface area contributed by atoms with Gasteiger partial charge in [0.25, 0.3) is 0 Å². The fraction of sp³-hybridized carbons (Fsp3) is 0.333. The van der Waals surface area contributed by atoms with E-state index in [4.69, 9.17) is 13.9 Å². The van der Waals surface area contributed by atoms with Crippen molar-refractivity contribution >= 4 is 16.0 Å². The second-order valence-corrected chi connectivity index (χ2v) is 10.2. The summed E-state index contributed by atoms with van der Waals surface area (Å²) in [6, 6.07) is 8.62. The van der Waals surface area contributed by atoms with Crippen LogP contribution >= 0.6 is 0 Å². The molecule has 0 radical (unpaired) electrons. The van der Waals surface area contributed by atoms with Crippen LogP contribution in [0.15, 0.2) is 47.1 Å². The maximum Gasteiger partial charge on any atom is 0.243 e. The molecule has 0 aliphatic carbocycles. The van der Waals surface area contributed by atoms with Gasteiger partial charge in [-0.05, 0) is 50.1 Å². The van der Waals surface area contributed by atoms with Crippen LogP contribution in [-0.2, 0) is 16.4 Å². The zero-order valence-corrected chi connectivity index (χ0v) is 21.7. The first-order chi connectivity index (χ1) is 17.8. The van der Waals surface area contributed by atoms with Crippen LogP contribution in [0.5, 0.6) is 11.5 Å². The number of aromatic nitrogens is 5. The molecule has 0 saturated heterocycles. The fourth-order valence-corrected chi connectivity index (χ4v) is 5.12. The van der Waals surface area contributed by atoms with Crippen LogP contribution in [0.3, 0.4) is 0 Å². The van der Waals surface area contributed by atoms with E-state index in [1.54, 1.807) is 49.6 Å². The third-order valence-corrected chi connectivity index (χ3v) is 7.36. The van der Waals surface area contributed by atoms with Gasteiger partial charge in [0.05, 0.1) is 19.5 Å². The van der Waals surface area contributed by atoms with Crippen molar-refractivity contribution in [1.82, 2.24) is 24.7 Å². The summed E-state index contributed by atoms with van der Waals surface area (Å²) in [5, 5.41) is 16.9. The molecule has 0 bridgehead atoms. The number of para-hydroxylation sites is 1. The predicted octanol–water partition coefficient (Wildman–Crippen LogP) is 2.69. The molecule has 196 valence electrons. The number of aliphatic hydroxyl groups is 1. The van der Waals surface area contributed by atoms with Gasteiger partial charge in [0.2, 0.25) is 21.8 Å². The Morgan fingerprint density at radius 3 is 2.30 bits per heavy atom. The molecule has 0 saturated carbocycles. The second-order valence-electron chi connectivity index (χ2n) is 8.27. The van der Waals surface area contributed by atoms with E-state index in [-0.39, 0.29) is 31.2 Å². The number of aryl methyl sites for hydroxylation is 2. The Morgan fingerprint density at radius 1 is 1.05 bits per heavy atom. The minimum Gasteiger partial charge on any atom is -0.494 e. The molecule has 2 N–H and O–H groups in total. The molecule has 0 amide bonds. The van der Waals surface area contributed by atoms with E-state index in [0.717, 1.165) is 5.56 Å². The van der Waals surface area contributed by atoms with Gasteiger partial charge < -0.3 is 19.0 Å². The molecular weight excluding hydrogens is 500 g/mol. The predicted molar refractivity (Wildman–Crippen MR) is 135 cm³/mol. The fourth-order valence-electron chi connectivity index (χ4n) is 3.78. The molecule has 37 heavy (non-hydrogen) atoms. The number of benzene rings is 1.